The van der Waals surface area contributed by atoms with Gasteiger partial charge >= 0.3 is 0 Å². The summed E-state index contributed by atoms with van der Waals surface area (Å²) in [7, 11) is 0. The number of benzene rings is 1. The van der Waals surface area contributed by atoms with Crippen molar-refractivity contribution < 1.29 is 14.6 Å². The summed E-state index contributed by atoms with van der Waals surface area (Å²) in [6.45, 7) is 4.83. The average molecular weight is 302 g/mol. The summed E-state index contributed by atoms with van der Waals surface area (Å²) in [4.78, 5) is 14.2. The first-order valence-corrected chi connectivity index (χ1v) is 7.65. The highest BCUT2D eigenvalue weighted by atomic mass is 16.5. The molecule has 1 aromatic carbocycles. The van der Waals surface area contributed by atoms with Gasteiger partial charge in [-0.2, -0.15) is 5.26 Å². The number of carbonyl (C=O) groups excluding carboxylic acids is 1. The van der Waals surface area contributed by atoms with Crippen molar-refractivity contribution in [3.8, 4) is 11.8 Å². The first-order valence-electron chi connectivity index (χ1n) is 7.65. The topological polar surface area (TPSA) is 73.6 Å². The molecular formula is C17H22N2O3. The van der Waals surface area contributed by atoms with Gasteiger partial charge in [-0.05, 0) is 50.8 Å². The SMILES string of the molecule is CC(Oc1cccc(C#N)c1)C(=O)N1CCC(C(C)O)CC1. The van der Waals surface area contributed by atoms with E-state index in [1.807, 2.05) is 6.07 Å². The average Bonchev–Trinajstić information content (AvgIpc) is 2.54. The molecule has 1 saturated heterocycles. The normalized spacial score (nSPS) is 18.4. The van der Waals surface area contributed by atoms with Crippen LogP contribution in [0.1, 0.15) is 32.3 Å². The lowest BCUT2D eigenvalue weighted by molar-refractivity contribution is -0.139. The monoisotopic (exact) mass is 302 g/mol. The Morgan fingerprint density at radius 2 is 2.09 bits per heavy atom. The number of carbonyl (C=O) groups is 1. The zero-order valence-corrected chi connectivity index (χ0v) is 13.0. The minimum absolute atomic E-state index is 0.0496. The maximum Gasteiger partial charge on any atom is 0.263 e. The largest absolute Gasteiger partial charge is 0.481 e. The van der Waals surface area contributed by atoms with E-state index in [0.717, 1.165) is 12.8 Å². The van der Waals surface area contributed by atoms with Crippen LogP contribution in [0.25, 0.3) is 0 Å². The third-order valence-electron chi connectivity index (χ3n) is 4.16. The van der Waals surface area contributed by atoms with E-state index >= 15 is 0 Å². The molecule has 1 fully saturated rings. The molecule has 5 nitrogen and oxygen atoms in total. The molecule has 118 valence electrons. The Kier molecular flexibility index (Phi) is 5.40. The fraction of sp³-hybridized carbons (Fsp3) is 0.529. The molecule has 1 N–H and O–H groups in total. The number of nitrogens with zero attached hydrogens (tertiary/aromatic N) is 2. The molecular weight excluding hydrogens is 280 g/mol. The summed E-state index contributed by atoms with van der Waals surface area (Å²) >= 11 is 0. The van der Waals surface area contributed by atoms with Gasteiger partial charge in [0, 0.05) is 13.1 Å². The van der Waals surface area contributed by atoms with E-state index in [1.54, 1.807) is 43.0 Å². The van der Waals surface area contributed by atoms with Crippen LogP contribution >= 0.6 is 0 Å². The van der Waals surface area contributed by atoms with E-state index in [9.17, 15) is 9.90 Å². The molecule has 1 aliphatic heterocycles. The van der Waals surface area contributed by atoms with Crippen molar-refractivity contribution in [1.29, 1.82) is 5.26 Å². The predicted octanol–water partition coefficient (Wildman–Crippen LogP) is 1.94. The number of hydrogen-bond donors (Lipinski definition) is 1. The van der Waals surface area contributed by atoms with Crippen LogP contribution < -0.4 is 4.74 Å². The van der Waals surface area contributed by atoms with Gasteiger partial charge < -0.3 is 14.7 Å². The van der Waals surface area contributed by atoms with Crippen LogP contribution in [0.4, 0.5) is 0 Å². The number of piperidine rings is 1. The highest BCUT2D eigenvalue weighted by molar-refractivity contribution is 5.81. The lowest BCUT2D eigenvalue weighted by atomic mass is 9.92. The van der Waals surface area contributed by atoms with Crippen molar-refractivity contribution in [2.24, 2.45) is 5.92 Å². The van der Waals surface area contributed by atoms with Crippen molar-refractivity contribution in [3.63, 3.8) is 0 Å². The molecule has 0 saturated carbocycles. The van der Waals surface area contributed by atoms with Gasteiger partial charge in [0.1, 0.15) is 5.75 Å². The van der Waals surface area contributed by atoms with Crippen molar-refractivity contribution >= 4 is 5.91 Å². The molecule has 1 amide bonds. The Hall–Kier alpha value is -2.06. The number of rotatable bonds is 4. The molecule has 1 aromatic rings. The Labute approximate surface area is 131 Å². The van der Waals surface area contributed by atoms with Crippen molar-refractivity contribution in [2.75, 3.05) is 13.1 Å². The minimum atomic E-state index is -0.586. The molecule has 1 aliphatic rings. The van der Waals surface area contributed by atoms with Crippen LogP contribution in [0, 0.1) is 17.2 Å². The van der Waals surface area contributed by atoms with Crippen LogP contribution in [0.2, 0.25) is 0 Å². The van der Waals surface area contributed by atoms with Gasteiger partial charge in [-0.1, -0.05) is 6.07 Å². The van der Waals surface area contributed by atoms with Crippen LogP contribution in [0.3, 0.4) is 0 Å². The molecule has 0 aliphatic carbocycles. The van der Waals surface area contributed by atoms with E-state index in [4.69, 9.17) is 10.00 Å². The fourth-order valence-corrected chi connectivity index (χ4v) is 2.75. The van der Waals surface area contributed by atoms with Crippen LogP contribution in [-0.4, -0.2) is 41.2 Å². The second kappa shape index (κ2) is 7.28. The quantitative estimate of drug-likeness (QED) is 0.922. The van der Waals surface area contributed by atoms with E-state index < -0.39 is 6.10 Å². The number of nitriles is 1. The van der Waals surface area contributed by atoms with Gasteiger partial charge in [0.15, 0.2) is 6.10 Å². The molecule has 0 radical (unpaired) electrons. The summed E-state index contributed by atoms with van der Waals surface area (Å²) in [5.41, 5.74) is 0.509. The zero-order chi connectivity index (χ0) is 16.1. The number of aliphatic hydroxyl groups excluding tert-OH is 1. The van der Waals surface area contributed by atoms with Gasteiger partial charge in [0.05, 0.1) is 17.7 Å². The van der Waals surface area contributed by atoms with Crippen molar-refractivity contribution in [2.45, 2.75) is 38.9 Å². The smallest absolute Gasteiger partial charge is 0.263 e. The highest BCUT2D eigenvalue weighted by Gasteiger charge is 2.28. The minimum Gasteiger partial charge on any atom is -0.481 e. The third kappa shape index (κ3) is 3.99. The van der Waals surface area contributed by atoms with Crippen molar-refractivity contribution in [3.05, 3.63) is 29.8 Å². The van der Waals surface area contributed by atoms with Crippen LogP contribution in [0.5, 0.6) is 5.75 Å². The maximum absolute atomic E-state index is 12.4. The van der Waals surface area contributed by atoms with Gasteiger partial charge in [0.2, 0.25) is 0 Å². The van der Waals surface area contributed by atoms with Crippen LogP contribution in [0.15, 0.2) is 24.3 Å². The number of ether oxygens (including phenoxy) is 1. The highest BCUT2D eigenvalue weighted by Crippen LogP contribution is 2.22. The van der Waals surface area contributed by atoms with E-state index in [-0.39, 0.29) is 17.9 Å². The third-order valence-corrected chi connectivity index (χ3v) is 4.16. The lowest BCUT2D eigenvalue weighted by Gasteiger charge is -2.34. The Morgan fingerprint density at radius 1 is 1.41 bits per heavy atom. The Morgan fingerprint density at radius 3 is 2.68 bits per heavy atom. The number of aliphatic hydroxyl groups is 1. The number of hydrogen-bond acceptors (Lipinski definition) is 4. The van der Waals surface area contributed by atoms with Gasteiger partial charge in [-0.15, -0.1) is 0 Å². The lowest BCUT2D eigenvalue weighted by Crippen LogP contribution is -2.46. The summed E-state index contributed by atoms with van der Waals surface area (Å²) < 4.78 is 5.65. The summed E-state index contributed by atoms with van der Waals surface area (Å²) in [5.74, 6) is 0.748. The second-order valence-corrected chi connectivity index (χ2v) is 5.80. The van der Waals surface area contributed by atoms with Gasteiger partial charge in [-0.3, -0.25) is 4.79 Å². The standard InChI is InChI=1S/C17H22N2O3/c1-12(20)15-6-8-19(9-7-15)17(21)13(2)22-16-5-3-4-14(10-16)11-18/h3-5,10,12-13,15,20H,6-9H2,1-2H3. The molecule has 5 heteroatoms. The molecule has 2 unspecified atom stereocenters. The Bertz CT molecular complexity index is 557. The first kappa shape index (κ1) is 16.3. The molecule has 2 rings (SSSR count). The summed E-state index contributed by atoms with van der Waals surface area (Å²) in [6.07, 6.45) is 0.733. The van der Waals surface area contributed by atoms with Crippen molar-refractivity contribution in [1.82, 2.24) is 4.90 Å². The number of likely N-dealkylation sites (tertiary alicyclic amines) is 1. The van der Waals surface area contributed by atoms with Crippen LogP contribution in [-0.2, 0) is 4.79 Å². The van der Waals surface area contributed by atoms with Gasteiger partial charge in [-0.25, -0.2) is 0 Å². The molecule has 22 heavy (non-hydrogen) atoms. The molecule has 0 bridgehead atoms. The molecule has 0 spiro atoms. The molecule has 1 heterocycles. The van der Waals surface area contributed by atoms with Gasteiger partial charge in [0.25, 0.3) is 5.91 Å². The number of amides is 1. The Balaban J connectivity index is 1.91. The van der Waals surface area contributed by atoms with E-state index in [2.05, 4.69) is 0 Å². The summed E-state index contributed by atoms with van der Waals surface area (Å²) in [6, 6.07) is 8.85. The molecule has 2 atom stereocenters. The maximum atomic E-state index is 12.4. The molecule has 0 aromatic heterocycles. The van der Waals surface area contributed by atoms with E-state index in [1.165, 1.54) is 0 Å². The summed E-state index contributed by atoms with van der Waals surface area (Å²) in [5, 5.41) is 18.5. The second-order valence-electron chi connectivity index (χ2n) is 5.80. The predicted molar refractivity (Wildman–Crippen MR) is 82.2 cm³/mol. The fourth-order valence-electron chi connectivity index (χ4n) is 2.75. The zero-order valence-electron chi connectivity index (χ0n) is 13.0. The first-order chi connectivity index (χ1) is 10.5. The van der Waals surface area contributed by atoms with E-state index in [0.29, 0.717) is 24.4 Å².